The second kappa shape index (κ2) is 5.92. The van der Waals surface area contributed by atoms with Crippen LogP contribution in [0.15, 0.2) is 15.5 Å². The third kappa shape index (κ3) is 3.65. The maximum absolute atomic E-state index is 12.1. The summed E-state index contributed by atoms with van der Waals surface area (Å²) < 4.78 is 31.4. The first-order valence-corrected chi connectivity index (χ1v) is 8.22. The molecule has 0 aliphatic heterocycles. The third-order valence-electron chi connectivity index (χ3n) is 2.58. The van der Waals surface area contributed by atoms with Gasteiger partial charge in [-0.25, -0.2) is 17.9 Å². The summed E-state index contributed by atoms with van der Waals surface area (Å²) in [7, 11) is -3.76. The molecule has 10 heteroatoms. The summed E-state index contributed by atoms with van der Waals surface area (Å²) >= 11 is 0.924. The molecule has 0 radical (unpaired) electrons. The maximum Gasteiger partial charge on any atom is 0.345 e. The summed E-state index contributed by atoms with van der Waals surface area (Å²) in [5, 5.41) is 12.5. The van der Waals surface area contributed by atoms with Gasteiger partial charge >= 0.3 is 5.97 Å². The molecule has 0 bridgehead atoms. The molecule has 2 N–H and O–H groups in total. The zero-order valence-corrected chi connectivity index (χ0v) is 12.9. The van der Waals surface area contributed by atoms with Crippen LogP contribution in [0.4, 0.5) is 0 Å². The maximum atomic E-state index is 12.1. The number of nitrogens with one attached hydrogen (secondary N) is 1. The molecule has 0 aliphatic rings. The van der Waals surface area contributed by atoms with Crippen LogP contribution < -0.4 is 4.72 Å². The number of carboxylic acid groups (broad SMARTS) is 1. The van der Waals surface area contributed by atoms with Crippen molar-refractivity contribution in [2.75, 3.05) is 6.54 Å². The molecule has 2 rings (SSSR count). The molecule has 2 aromatic heterocycles. The molecule has 2 heterocycles. The number of sulfonamides is 1. The number of hydrogen-bond acceptors (Lipinski definition) is 7. The minimum absolute atomic E-state index is 0.0123. The van der Waals surface area contributed by atoms with Gasteiger partial charge < -0.3 is 9.63 Å². The van der Waals surface area contributed by atoms with Crippen LogP contribution in [-0.2, 0) is 16.4 Å². The Bertz CT molecular complexity index is 763. The largest absolute Gasteiger partial charge is 0.477 e. The fourth-order valence-corrected chi connectivity index (χ4v) is 4.12. The molecule has 0 atom stereocenters. The van der Waals surface area contributed by atoms with Gasteiger partial charge in [-0.2, -0.15) is 4.98 Å². The van der Waals surface area contributed by atoms with E-state index < -0.39 is 16.0 Å². The van der Waals surface area contributed by atoms with E-state index in [4.69, 9.17) is 9.63 Å². The van der Waals surface area contributed by atoms with Gasteiger partial charge in [-0.1, -0.05) is 5.16 Å². The number of carboxylic acids is 1. The zero-order chi connectivity index (χ0) is 15.6. The molecule has 21 heavy (non-hydrogen) atoms. The van der Waals surface area contributed by atoms with Crippen LogP contribution in [-0.4, -0.2) is 36.2 Å². The molecule has 114 valence electrons. The topological polar surface area (TPSA) is 122 Å². The summed E-state index contributed by atoms with van der Waals surface area (Å²) in [6.45, 7) is 3.30. The number of nitrogens with zero attached hydrogens (tertiary/aromatic N) is 2. The number of carbonyl (C=O) groups is 1. The Labute approximate surface area is 124 Å². The van der Waals surface area contributed by atoms with Gasteiger partial charge in [-0.15, -0.1) is 11.3 Å². The summed E-state index contributed by atoms with van der Waals surface area (Å²) in [6, 6.07) is 1.16. The second-order valence-corrected chi connectivity index (χ2v) is 7.21. The van der Waals surface area contributed by atoms with Crippen molar-refractivity contribution in [3.63, 3.8) is 0 Å². The molecule has 0 unspecified atom stereocenters. The Morgan fingerprint density at radius 2 is 2.19 bits per heavy atom. The lowest BCUT2D eigenvalue weighted by molar-refractivity contribution is 0.0702. The highest BCUT2D eigenvalue weighted by Crippen LogP contribution is 2.25. The van der Waals surface area contributed by atoms with E-state index in [-0.39, 0.29) is 22.7 Å². The quantitative estimate of drug-likeness (QED) is 0.808. The van der Waals surface area contributed by atoms with Crippen LogP contribution in [0.3, 0.4) is 0 Å². The van der Waals surface area contributed by atoms with Crippen molar-refractivity contribution in [1.29, 1.82) is 0 Å². The molecule has 0 aliphatic carbocycles. The van der Waals surface area contributed by atoms with E-state index in [2.05, 4.69) is 14.9 Å². The van der Waals surface area contributed by atoms with E-state index in [1.54, 1.807) is 13.8 Å². The molecule has 2 aromatic rings. The first-order chi connectivity index (χ1) is 9.79. The first-order valence-electron chi connectivity index (χ1n) is 5.92. The highest BCUT2D eigenvalue weighted by Gasteiger charge is 2.21. The molecular formula is C11H13N3O5S2. The van der Waals surface area contributed by atoms with Crippen molar-refractivity contribution >= 4 is 27.3 Å². The Balaban J connectivity index is 2.06. The van der Waals surface area contributed by atoms with Gasteiger partial charge in [0.05, 0.1) is 4.90 Å². The number of hydrogen-bond donors (Lipinski definition) is 2. The van der Waals surface area contributed by atoms with E-state index in [0.717, 1.165) is 17.4 Å². The van der Waals surface area contributed by atoms with Gasteiger partial charge in [0.1, 0.15) is 4.88 Å². The highest BCUT2D eigenvalue weighted by atomic mass is 32.2. The molecule has 0 fully saturated rings. The van der Waals surface area contributed by atoms with Crippen LogP contribution in [0.1, 0.15) is 26.3 Å². The normalized spacial score (nSPS) is 11.7. The van der Waals surface area contributed by atoms with Crippen molar-refractivity contribution in [1.82, 2.24) is 14.9 Å². The Kier molecular flexibility index (Phi) is 4.40. The summed E-state index contributed by atoms with van der Waals surface area (Å²) in [5.74, 6) is -0.331. The van der Waals surface area contributed by atoms with E-state index in [9.17, 15) is 13.2 Å². The molecule has 0 aromatic carbocycles. The van der Waals surface area contributed by atoms with Crippen LogP contribution in [0.25, 0.3) is 0 Å². The van der Waals surface area contributed by atoms with Gasteiger partial charge in [0, 0.05) is 24.8 Å². The minimum Gasteiger partial charge on any atom is -0.477 e. The van der Waals surface area contributed by atoms with Crippen LogP contribution in [0.2, 0.25) is 0 Å². The SMILES string of the molecule is Cc1nc(CCNS(=O)(=O)c2cc(C(=O)O)sc2C)no1. The molecule has 0 saturated carbocycles. The molecule has 0 amide bonds. The van der Waals surface area contributed by atoms with E-state index in [0.29, 0.717) is 16.6 Å². The predicted octanol–water partition coefficient (Wildman–Crippen LogP) is 0.967. The Hall–Kier alpha value is -1.78. The first kappa shape index (κ1) is 15.6. The number of aromatic carboxylic acids is 1. The smallest absolute Gasteiger partial charge is 0.345 e. The van der Waals surface area contributed by atoms with E-state index in [1.165, 1.54) is 0 Å². The lowest BCUT2D eigenvalue weighted by atomic mass is 10.4. The van der Waals surface area contributed by atoms with E-state index in [1.807, 2.05) is 0 Å². The number of rotatable bonds is 6. The Morgan fingerprint density at radius 3 is 2.71 bits per heavy atom. The van der Waals surface area contributed by atoms with Gasteiger partial charge in [0.2, 0.25) is 15.9 Å². The lowest BCUT2D eigenvalue weighted by Crippen LogP contribution is -2.26. The number of thiophene rings is 1. The minimum atomic E-state index is -3.76. The molecule has 8 nitrogen and oxygen atoms in total. The summed E-state index contributed by atoms with van der Waals surface area (Å²) in [4.78, 5) is 15.2. The van der Waals surface area contributed by atoms with Gasteiger partial charge in [-0.3, -0.25) is 0 Å². The van der Waals surface area contributed by atoms with Crippen LogP contribution in [0.5, 0.6) is 0 Å². The molecular weight excluding hydrogens is 318 g/mol. The molecule has 0 saturated heterocycles. The summed E-state index contributed by atoms with van der Waals surface area (Å²) in [5.41, 5.74) is 0. The van der Waals surface area contributed by atoms with Crippen molar-refractivity contribution in [3.8, 4) is 0 Å². The van der Waals surface area contributed by atoms with Crippen LogP contribution in [0, 0.1) is 13.8 Å². The van der Waals surface area contributed by atoms with Crippen LogP contribution >= 0.6 is 11.3 Å². The third-order valence-corrected chi connectivity index (χ3v) is 5.34. The van der Waals surface area contributed by atoms with Gasteiger partial charge in [0.15, 0.2) is 5.82 Å². The monoisotopic (exact) mass is 331 g/mol. The van der Waals surface area contributed by atoms with Crippen molar-refractivity contribution < 1.29 is 22.8 Å². The lowest BCUT2D eigenvalue weighted by Gasteiger charge is -2.04. The fourth-order valence-electron chi connectivity index (χ4n) is 1.66. The predicted molar refractivity (Wildman–Crippen MR) is 73.9 cm³/mol. The number of aromatic nitrogens is 2. The standard InChI is InChI=1S/C11H13N3O5S2/c1-6-9(5-8(20-6)11(15)16)21(17,18)12-4-3-10-13-7(2)19-14-10/h5,12H,3-4H2,1-2H3,(H,15,16). The van der Waals surface area contributed by atoms with Gasteiger partial charge in [0.25, 0.3) is 0 Å². The van der Waals surface area contributed by atoms with E-state index >= 15 is 0 Å². The van der Waals surface area contributed by atoms with Crippen molar-refractivity contribution in [3.05, 3.63) is 27.5 Å². The Morgan fingerprint density at radius 1 is 1.48 bits per heavy atom. The fraction of sp³-hybridized carbons (Fsp3) is 0.364. The average molecular weight is 331 g/mol. The summed E-state index contributed by atoms with van der Waals surface area (Å²) in [6.07, 6.45) is 0.283. The number of aryl methyl sites for hydroxylation is 2. The average Bonchev–Trinajstić information content (AvgIpc) is 2.96. The second-order valence-electron chi connectivity index (χ2n) is 4.21. The van der Waals surface area contributed by atoms with Crippen molar-refractivity contribution in [2.24, 2.45) is 0 Å². The zero-order valence-electron chi connectivity index (χ0n) is 11.3. The highest BCUT2D eigenvalue weighted by molar-refractivity contribution is 7.89. The molecule has 0 spiro atoms. The van der Waals surface area contributed by atoms with Crippen molar-refractivity contribution in [2.45, 2.75) is 25.2 Å². The van der Waals surface area contributed by atoms with Gasteiger partial charge in [-0.05, 0) is 13.0 Å².